The number of nitroso groups, excluding NO2 is 1. The lowest BCUT2D eigenvalue weighted by molar-refractivity contribution is -0.0435. The van der Waals surface area contributed by atoms with Crippen LogP contribution in [0.25, 0.3) is 0 Å². The molecule has 0 amide bonds. The Bertz CT molecular complexity index is 592. The van der Waals surface area contributed by atoms with E-state index in [9.17, 15) is 4.91 Å². The molecule has 5 nitrogen and oxygen atoms in total. The summed E-state index contributed by atoms with van der Waals surface area (Å²) >= 11 is 0. The Labute approximate surface area is 116 Å². The maximum absolute atomic E-state index is 10.4. The van der Waals surface area contributed by atoms with Gasteiger partial charge in [0, 0.05) is 16.9 Å². The van der Waals surface area contributed by atoms with E-state index in [-0.39, 0.29) is 6.29 Å². The molecule has 2 aromatic carbocycles. The van der Waals surface area contributed by atoms with Gasteiger partial charge in [-0.25, -0.2) is 0 Å². The number of nitrogens with zero attached hydrogens (tertiary/aromatic N) is 1. The molecule has 3 rings (SSSR count). The highest BCUT2D eigenvalue weighted by Crippen LogP contribution is 2.31. The van der Waals surface area contributed by atoms with E-state index in [1.54, 1.807) is 12.1 Å². The van der Waals surface area contributed by atoms with Gasteiger partial charge in [0.2, 0.25) is 0 Å². The molecule has 20 heavy (non-hydrogen) atoms. The van der Waals surface area contributed by atoms with Gasteiger partial charge in [-0.1, -0.05) is 18.2 Å². The number of nitrogens with one attached hydrogen (secondary N) is 1. The highest BCUT2D eigenvalue weighted by molar-refractivity contribution is 5.64. The molecule has 1 aliphatic heterocycles. The van der Waals surface area contributed by atoms with Gasteiger partial charge in [-0.3, -0.25) is 0 Å². The molecule has 1 heterocycles. The van der Waals surface area contributed by atoms with Gasteiger partial charge in [-0.2, -0.15) is 0 Å². The van der Waals surface area contributed by atoms with Crippen molar-refractivity contribution >= 4 is 17.1 Å². The summed E-state index contributed by atoms with van der Waals surface area (Å²) in [6.45, 7) is 1.22. The molecule has 5 heteroatoms. The third-order valence-corrected chi connectivity index (χ3v) is 3.09. The van der Waals surface area contributed by atoms with Gasteiger partial charge in [-0.05, 0) is 35.5 Å². The number of ether oxygens (including phenoxy) is 2. The van der Waals surface area contributed by atoms with E-state index >= 15 is 0 Å². The molecule has 0 unspecified atom stereocenters. The zero-order valence-corrected chi connectivity index (χ0v) is 10.8. The Morgan fingerprint density at radius 2 is 1.70 bits per heavy atom. The number of benzene rings is 2. The second kappa shape index (κ2) is 5.81. The minimum Gasteiger partial charge on any atom is -0.355 e. The quantitative estimate of drug-likeness (QED) is 0.857. The molecule has 0 atom stereocenters. The van der Waals surface area contributed by atoms with Crippen molar-refractivity contribution in [1.29, 1.82) is 0 Å². The SMILES string of the molecule is O=Nc1ccc(Nc2ccccc2C2OCCO2)cc1. The minimum atomic E-state index is -0.324. The van der Waals surface area contributed by atoms with Gasteiger partial charge < -0.3 is 14.8 Å². The minimum absolute atomic E-state index is 0.324. The van der Waals surface area contributed by atoms with Crippen LogP contribution < -0.4 is 5.32 Å². The third-order valence-electron chi connectivity index (χ3n) is 3.09. The number of para-hydroxylation sites is 1. The summed E-state index contributed by atoms with van der Waals surface area (Å²) in [5, 5.41) is 6.18. The summed E-state index contributed by atoms with van der Waals surface area (Å²) in [6, 6.07) is 14.8. The third kappa shape index (κ3) is 2.68. The first kappa shape index (κ1) is 12.8. The van der Waals surface area contributed by atoms with Gasteiger partial charge in [0.25, 0.3) is 0 Å². The first-order chi connectivity index (χ1) is 9.86. The predicted molar refractivity (Wildman–Crippen MR) is 76.3 cm³/mol. The zero-order valence-electron chi connectivity index (χ0n) is 10.8. The summed E-state index contributed by atoms with van der Waals surface area (Å²) < 4.78 is 11.1. The molecule has 0 aromatic heterocycles. The molecule has 1 fully saturated rings. The molecular formula is C15H14N2O3. The Balaban J connectivity index is 1.84. The van der Waals surface area contributed by atoms with Gasteiger partial charge >= 0.3 is 0 Å². The van der Waals surface area contributed by atoms with Crippen molar-refractivity contribution in [1.82, 2.24) is 0 Å². The molecule has 0 saturated carbocycles. The van der Waals surface area contributed by atoms with Gasteiger partial charge in [0.15, 0.2) is 6.29 Å². The molecule has 1 aliphatic rings. The standard InChI is InChI=1S/C15H14N2O3/c18-17-12-7-5-11(6-8-12)16-14-4-2-1-3-13(14)15-19-9-10-20-15/h1-8,15-16H,9-10H2. The summed E-state index contributed by atoms with van der Waals surface area (Å²) in [4.78, 5) is 10.4. The molecular weight excluding hydrogens is 256 g/mol. The van der Waals surface area contributed by atoms with Crippen LogP contribution in [0.3, 0.4) is 0 Å². The van der Waals surface area contributed by atoms with Crippen LogP contribution in [-0.2, 0) is 9.47 Å². The highest BCUT2D eigenvalue weighted by atomic mass is 16.7. The van der Waals surface area contributed by atoms with E-state index in [4.69, 9.17) is 9.47 Å². The van der Waals surface area contributed by atoms with Gasteiger partial charge in [-0.15, -0.1) is 4.91 Å². The Morgan fingerprint density at radius 1 is 1.00 bits per heavy atom. The van der Waals surface area contributed by atoms with Crippen LogP contribution in [0.4, 0.5) is 17.1 Å². The van der Waals surface area contributed by atoms with Crippen molar-refractivity contribution in [2.45, 2.75) is 6.29 Å². The van der Waals surface area contributed by atoms with E-state index < -0.39 is 0 Å². The highest BCUT2D eigenvalue weighted by Gasteiger charge is 2.20. The van der Waals surface area contributed by atoms with Gasteiger partial charge in [0.05, 0.1) is 13.2 Å². The van der Waals surface area contributed by atoms with Crippen LogP contribution >= 0.6 is 0 Å². The Hall–Kier alpha value is -2.24. The molecule has 0 spiro atoms. The average molecular weight is 270 g/mol. The molecule has 2 aromatic rings. The molecule has 102 valence electrons. The predicted octanol–water partition coefficient (Wildman–Crippen LogP) is 3.87. The lowest BCUT2D eigenvalue weighted by atomic mass is 10.1. The fraction of sp³-hybridized carbons (Fsp3) is 0.200. The van der Waals surface area contributed by atoms with Crippen LogP contribution in [-0.4, -0.2) is 13.2 Å². The molecule has 1 saturated heterocycles. The summed E-state index contributed by atoms with van der Waals surface area (Å²) in [7, 11) is 0. The largest absolute Gasteiger partial charge is 0.355 e. The van der Waals surface area contributed by atoms with Crippen molar-refractivity contribution in [3.63, 3.8) is 0 Å². The van der Waals surface area contributed by atoms with Crippen molar-refractivity contribution in [3.05, 3.63) is 59.0 Å². The van der Waals surface area contributed by atoms with Gasteiger partial charge in [0.1, 0.15) is 5.69 Å². The van der Waals surface area contributed by atoms with Crippen LogP contribution in [0.2, 0.25) is 0 Å². The molecule has 0 aliphatic carbocycles. The Kier molecular flexibility index (Phi) is 3.71. The summed E-state index contributed by atoms with van der Waals surface area (Å²) in [5.74, 6) is 0. The van der Waals surface area contributed by atoms with Crippen molar-refractivity contribution in [2.24, 2.45) is 5.18 Å². The van der Waals surface area contributed by atoms with Crippen LogP contribution in [0.5, 0.6) is 0 Å². The first-order valence-corrected chi connectivity index (χ1v) is 6.39. The first-order valence-electron chi connectivity index (χ1n) is 6.39. The summed E-state index contributed by atoms with van der Waals surface area (Å²) in [5.41, 5.74) is 3.17. The number of anilines is 2. The topological polar surface area (TPSA) is 59.9 Å². The zero-order chi connectivity index (χ0) is 13.8. The van der Waals surface area contributed by atoms with Crippen molar-refractivity contribution in [3.8, 4) is 0 Å². The Morgan fingerprint density at radius 3 is 2.40 bits per heavy atom. The molecule has 1 N–H and O–H groups in total. The van der Waals surface area contributed by atoms with E-state index in [1.807, 2.05) is 36.4 Å². The van der Waals surface area contributed by atoms with Crippen LogP contribution in [0.15, 0.2) is 53.7 Å². The van der Waals surface area contributed by atoms with Crippen LogP contribution in [0.1, 0.15) is 11.9 Å². The monoisotopic (exact) mass is 270 g/mol. The fourth-order valence-corrected chi connectivity index (χ4v) is 2.12. The van der Waals surface area contributed by atoms with Crippen molar-refractivity contribution < 1.29 is 9.47 Å². The second-order valence-corrected chi connectivity index (χ2v) is 4.42. The number of rotatable bonds is 4. The average Bonchev–Trinajstić information content (AvgIpc) is 3.03. The lowest BCUT2D eigenvalue weighted by Crippen LogP contribution is -2.02. The normalized spacial score (nSPS) is 15.2. The van der Waals surface area contributed by atoms with Crippen LogP contribution in [0, 0.1) is 4.91 Å². The molecule has 0 radical (unpaired) electrons. The molecule has 0 bridgehead atoms. The van der Waals surface area contributed by atoms with E-state index in [0.717, 1.165) is 16.9 Å². The van der Waals surface area contributed by atoms with Crippen molar-refractivity contribution in [2.75, 3.05) is 18.5 Å². The number of hydrogen-bond acceptors (Lipinski definition) is 5. The number of hydrogen-bond donors (Lipinski definition) is 1. The fourth-order valence-electron chi connectivity index (χ4n) is 2.12. The van der Waals surface area contributed by atoms with E-state index in [2.05, 4.69) is 10.5 Å². The maximum atomic E-state index is 10.4. The van der Waals surface area contributed by atoms with E-state index in [0.29, 0.717) is 18.9 Å². The smallest absolute Gasteiger partial charge is 0.186 e. The summed E-state index contributed by atoms with van der Waals surface area (Å²) in [6.07, 6.45) is -0.324. The lowest BCUT2D eigenvalue weighted by Gasteiger charge is -2.16. The second-order valence-electron chi connectivity index (χ2n) is 4.42. The maximum Gasteiger partial charge on any atom is 0.186 e. The van der Waals surface area contributed by atoms with E-state index in [1.165, 1.54) is 0 Å².